The highest BCUT2D eigenvalue weighted by Gasteiger charge is 2.30. The summed E-state index contributed by atoms with van der Waals surface area (Å²) >= 11 is 0. The zero-order valence-corrected chi connectivity index (χ0v) is 8.04. The fourth-order valence-electron chi connectivity index (χ4n) is 1.55. The molecule has 2 rings (SSSR count). The van der Waals surface area contributed by atoms with E-state index in [0.717, 1.165) is 18.8 Å². The lowest BCUT2D eigenvalue weighted by molar-refractivity contribution is 0.0945. The summed E-state index contributed by atoms with van der Waals surface area (Å²) < 4.78 is 10.8. The number of furan rings is 1. The van der Waals surface area contributed by atoms with Crippen LogP contribution in [0.3, 0.4) is 0 Å². The Morgan fingerprint density at radius 3 is 3.00 bits per heavy atom. The van der Waals surface area contributed by atoms with Gasteiger partial charge >= 0.3 is 0 Å². The lowest BCUT2D eigenvalue weighted by Gasteiger charge is -2.16. The Balaban J connectivity index is 1.91. The first-order valence-corrected chi connectivity index (χ1v) is 4.57. The van der Waals surface area contributed by atoms with Gasteiger partial charge in [-0.1, -0.05) is 0 Å². The van der Waals surface area contributed by atoms with E-state index in [0.29, 0.717) is 0 Å². The maximum Gasteiger partial charge on any atom is 0.115 e. The van der Waals surface area contributed by atoms with Gasteiger partial charge in [-0.25, -0.2) is 0 Å². The zero-order valence-electron chi connectivity index (χ0n) is 8.04. The molecule has 0 amide bonds. The van der Waals surface area contributed by atoms with E-state index in [9.17, 15) is 0 Å². The molecule has 1 fully saturated rings. The van der Waals surface area contributed by atoms with Gasteiger partial charge in [0.25, 0.3) is 0 Å². The average Bonchev–Trinajstić information content (AvgIpc) is 2.61. The highest BCUT2D eigenvalue weighted by Crippen LogP contribution is 2.17. The lowest BCUT2D eigenvalue weighted by atomic mass is 10.1. The van der Waals surface area contributed by atoms with Crippen LogP contribution in [0.2, 0.25) is 0 Å². The van der Waals surface area contributed by atoms with E-state index >= 15 is 0 Å². The maximum atomic E-state index is 5.57. The molecule has 1 atom stereocenters. The van der Waals surface area contributed by atoms with E-state index in [1.165, 1.54) is 0 Å². The van der Waals surface area contributed by atoms with Crippen molar-refractivity contribution in [3.05, 3.63) is 24.2 Å². The van der Waals surface area contributed by atoms with Gasteiger partial charge < -0.3 is 9.15 Å². The lowest BCUT2D eigenvalue weighted by Crippen LogP contribution is -2.39. The molecular formula is C10H15NO2. The molecule has 1 saturated heterocycles. The molecule has 72 valence electrons. The average molecular weight is 181 g/mol. The summed E-state index contributed by atoms with van der Waals surface area (Å²) in [4.78, 5) is 0. The monoisotopic (exact) mass is 181 g/mol. The van der Waals surface area contributed by atoms with Crippen molar-refractivity contribution in [1.82, 2.24) is 5.32 Å². The summed E-state index contributed by atoms with van der Waals surface area (Å²) in [5.41, 5.74) is 0.0945. The Kier molecular flexibility index (Phi) is 2.14. The first-order valence-electron chi connectivity index (χ1n) is 4.57. The highest BCUT2D eigenvalue weighted by atomic mass is 16.5. The minimum absolute atomic E-state index is 0.0945. The summed E-state index contributed by atoms with van der Waals surface area (Å²) in [5, 5.41) is 3.39. The van der Waals surface area contributed by atoms with Crippen molar-refractivity contribution >= 4 is 0 Å². The van der Waals surface area contributed by atoms with Crippen molar-refractivity contribution < 1.29 is 9.15 Å². The first kappa shape index (κ1) is 8.78. The van der Waals surface area contributed by atoms with Crippen LogP contribution in [-0.2, 0) is 11.2 Å². The van der Waals surface area contributed by atoms with Crippen molar-refractivity contribution in [1.29, 1.82) is 0 Å². The molecule has 0 aliphatic carbocycles. The van der Waals surface area contributed by atoms with E-state index in [1.807, 2.05) is 12.1 Å². The Hall–Kier alpha value is -0.800. The number of nitrogens with one attached hydrogen (secondary N) is 1. The Bertz CT molecular complexity index is 266. The van der Waals surface area contributed by atoms with Gasteiger partial charge in [-0.15, -0.1) is 0 Å². The molecule has 1 aliphatic heterocycles. The van der Waals surface area contributed by atoms with Gasteiger partial charge in [0.2, 0.25) is 0 Å². The summed E-state index contributed by atoms with van der Waals surface area (Å²) in [6.07, 6.45) is 2.59. The van der Waals surface area contributed by atoms with Gasteiger partial charge in [0.1, 0.15) is 12.0 Å². The van der Waals surface area contributed by atoms with Gasteiger partial charge in [-0.3, -0.25) is 5.32 Å². The van der Waals surface area contributed by atoms with Crippen LogP contribution < -0.4 is 5.32 Å². The SMILES string of the molecule is CC1(C)COC(Cc2ccco2)N1. The molecule has 0 saturated carbocycles. The van der Waals surface area contributed by atoms with E-state index < -0.39 is 0 Å². The molecule has 0 aromatic carbocycles. The summed E-state index contributed by atoms with van der Waals surface area (Å²) in [6, 6.07) is 3.87. The quantitative estimate of drug-likeness (QED) is 0.751. The number of hydrogen-bond donors (Lipinski definition) is 1. The van der Waals surface area contributed by atoms with Crippen molar-refractivity contribution in [2.45, 2.75) is 32.0 Å². The molecule has 1 unspecified atom stereocenters. The third-order valence-corrected chi connectivity index (χ3v) is 2.16. The molecule has 1 aliphatic rings. The van der Waals surface area contributed by atoms with Crippen LogP contribution in [0.25, 0.3) is 0 Å². The van der Waals surface area contributed by atoms with Gasteiger partial charge in [-0.2, -0.15) is 0 Å². The van der Waals surface area contributed by atoms with Crippen LogP contribution in [-0.4, -0.2) is 18.4 Å². The molecule has 0 spiro atoms. The number of rotatable bonds is 2. The van der Waals surface area contributed by atoms with Gasteiger partial charge in [-0.05, 0) is 26.0 Å². The largest absolute Gasteiger partial charge is 0.469 e. The smallest absolute Gasteiger partial charge is 0.115 e. The van der Waals surface area contributed by atoms with Crippen LogP contribution in [0.5, 0.6) is 0 Å². The molecule has 1 aromatic heterocycles. The Morgan fingerprint density at radius 1 is 1.62 bits per heavy atom. The standard InChI is InChI=1S/C10H15NO2/c1-10(2)7-13-9(11-10)6-8-4-3-5-12-8/h3-5,9,11H,6-7H2,1-2H3. The second-order valence-corrected chi connectivity index (χ2v) is 4.11. The molecule has 0 bridgehead atoms. The minimum atomic E-state index is 0.0945. The van der Waals surface area contributed by atoms with E-state index in [1.54, 1.807) is 6.26 Å². The molecule has 3 nitrogen and oxygen atoms in total. The summed E-state index contributed by atoms with van der Waals surface area (Å²) in [6.45, 7) is 5.03. The van der Waals surface area contributed by atoms with Crippen molar-refractivity contribution in [2.75, 3.05) is 6.61 Å². The van der Waals surface area contributed by atoms with Crippen LogP contribution in [0.4, 0.5) is 0 Å². The maximum absolute atomic E-state index is 5.57. The van der Waals surface area contributed by atoms with Gasteiger partial charge in [0, 0.05) is 12.0 Å². The predicted molar refractivity (Wildman–Crippen MR) is 49.4 cm³/mol. The number of hydrogen-bond acceptors (Lipinski definition) is 3. The topological polar surface area (TPSA) is 34.4 Å². The van der Waals surface area contributed by atoms with Crippen molar-refractivity contribution in [3.63, 3.8) is 0 Å². The third-order valence-electron chi connectivity index (χ3n) is 2.16. The van der Waals surface area contributed by atoms with Crippen LogP contribution in [0.15, 0.2) is 22.8 Å². The van der Waals surface area contributed by atoms with Crippen LogP contribution in [0.1, 0.15) is 19.6 Å². The number of ether oxygens (including phenoxy) is 1. The molecule has 1 aromatic rings. The molecule has 13 heavy (non-hydrogen) atoms. The molecule has 0 radical (unpaired) electrons. The molecule has 3 heteroatoms. The van der Waals surface area contributed by atoms with Gasteiger partial charge in [0.15, 0.2) is 0 Å². The predicted octanol–water partition coefficient (Wildman–Crippen LogP) is 1.55. The van der Waals surface area contributed by atoms with E-state index in [2.05, 4.69) is 19.2 Å². The molecule has 1 N–H and O–H groups in total. The van der Waals surface area contributed by atoms with E-state index in [-0.39, 0.29) is 11.8 Å². The summed E-state index contributed by atoms with van der Waals surface area (Å²) in [7, 11) is 0. The Morgan fingerprint density at radius 2 is 2.46 bits per heavy atom. The van der Waals surface area contributed by atoms with E-state index in [4.69, 9.17) is 9.15 Å². The zero-order chi connectivity index (χ0) is 9.31. The molecule has 2 heterocycles. The third kappa shape index (κ3) is 2.11. The van der Waals surface area contributed by atoms with Crippen LogP contribution >= 0.6 is 0 Å². The summed E-state index contributed by atoms with van der Waals surface area (Å²) in [5.74, 6) is 0.968. The van der Waals surface area contributed by atoms with Gasteiger partial charge in [0.05, 0.1) is 12.9 Å². The highest BCUT2D eigenvalue weighted by molar-refractivity contribution is 5.01. The Labute approximate surface area is 78.1 Å². The normalized spacial score (nSPS) is 26.5. The first-order chi connectivity index (χ1) is 6.16. The van der Waals surface area contributed by atoms with Crippen molar-refractivity contribution in [2.24, 2.45) is 0 Å². The second-order valence-electron chi connectivity index (χ2n) is 4.11. The second kappa shape index (κ2) is 3.16. The minimum Gasteiger partial charge on any atom is -0.469 e. The fourth-order valence-corrected chi connectivity index (χ4v) is 1.55. The fraction of sp³-hybridized carbons (Fsp3) is 0.600. The van der Waals surface area contributed by atoms with Crippen molar-refractivity contribution in [3.8, 4) is 0 Å². The van der Waals surface area contributed by atoms with Crippen LogP contribution in [0, 0.1) is 0 Å². The molecular weight excluding hydrogens is 166 g/mol.